The number of halogens is 3. The van der Waals surface area contributed by atoms with E-state index >= 15 is 0 Å². The van der Waals surface area contributed by atoms with E-state index in [9.17, 15) is 18.0 Å². The predicted octanol–water partition coefficient (Wildman–Crippen LogP) is 2.07. The number of H-pyrrole nitrogens is 1. The summed E-state index contributed by atoms with van der Waals surface area (Å²) >= 11 is 0. The summed E-state index contributed by atoms with van der Waals surface area (Å²) in [5.41, 5.74) is -0.200. The van der Waals surface area contributed by atoms with Gasteiger partial charge in [-0.1, -0.05) is 18.4 Å². The van der Waals surface area contributed by atoms with Crippen LogP contribution in [0, 0.1) is 0 Å². The van der Waals surface area contributed by atoms with Gasteiger partial charge in [-0.15, -0.1) is 5.10 Å². The SMILES string of the molecule is CCCc1nc2ccc(C(F)(F)F)cn2c1C(=O)Nc1nn[nH]n1. The number of carbonyl (C=O) groups is 1. The minimum atomic E-state index is -4.52. The lowest BCUT2D eigenvalue weighted by Crippen LogP contribution is -2.18. The van der Waals surface area contributed by atoms with Gasteiger partial charge in [-0.05, 0) is 23.8 Å². The number of aromatic amines is 1. The fraction of sp³-hybridized carbons (Fsp3) is 0.308. The third-order valence-corrected chi connectivity index (χ3v) is 3.29. The van der Waals surface area contributed by atoms with Crippen LogP contribution in [0.15, 0.2) is 18.3 Å². The first kappa shape index (κ1) is 15.9. The third-order valence-electron chi connectivity index (χ3n) is 3.29. The molecule has 126 valence electrons. The monoisotopic (exact) mass is 339 g/mol. The molecule has 2 N–H and O–H groups in total. The van der Waals surface area contributed by atoms with Crippen LogP contribution in [-0.2, 0) is 12.6 Å². The topological polar surface area (TPSA) is 101 Å². The number of fused-ring (bicyclic) bond motifs is 1. The molecule has 0 fully saturated rings. The standard InChI is InChI=1S/C13H12F3N7O/c1-2-3-8-10(11(24)18-12-19-21-22-20-12)23-6-7(13(14,15)16)4-5-9(23)17-8/h4-6H,2-3H2,1H3,(H2,18,19,20,21,22,24). The second-order valence-electron chi connectivity index (χ2n) is 4.99. The van der Waals surface area contributed by atoms with Gasteiger partial charge in [0, 0.05) is 6.20 Å². The Hall–Kier alpha value is -2.98. The highest BCUT2D eigenvalue weighted by molar-refractivity contribution is 6.03. The zero-order valence-corrected chi connectivity index (χ0v) is 12.4. The van der Waals surface area contributed by atoms with Gasteiger partial charge in [0.1, 0.15) is 11.3 Å². The van der Waals surface area contributed by atoms with Crippen molar-refractivity contribution in [3.8, 4) is 0 Å². The number of hydrogen-bond acceptors (Lipinski definition) is 5. The van der Waals surface area contributed by atoms with Crippen molar-refractivity contribution < 1.29 is 18.0 Å². The maximum Gasteiger partial charge on any atom is 0.417 e. The normalized spacial score (nSPS) is 11.8. The van der Waals surface area contributed by atoms with E-state index in [4.69, 9.17) is 0 Å². The van der Waals surface area contributed by atoms with E-state index in [-0.39, 0.29) is 17.3 Å². The Morgan fingerprint density at radius 2 is 2.17 bits per heavy atom. The van der Waals surface area contributed by atoms with Gasteiger partial charge in [0.2, 0.25) is 0 Å². The summed E-state index contributed by atoms with van der Waals surface area (Å²) in [6.45, 7) is 1.88. The zero-order valence-electron chi connectivity index (χ0n) is 12.4. The van der Waals surface area contributed by atoms with Crippen molar-refractivity contribution in [1.29, 1.82) is 0 Å². The highest BCUT2D eigenvalue weighted by atomic mass is 19.4. The average Bonchev–Trinajstić information content (AvgIpc) is 3.12. The molecular formula is C13H12F3N7O. The number of tetrazole rings is 1. The van der Waals surface area contributed by atoms with E-state index in [0.717, 1.165) is 16.7 Å². The molecule has 0 saturated heterocycles. The fourth-order valence-electron chi connectivity index (χ4n) is 2.29. The molecule has 3 aromatic rings. The quantitative estimate of drug-likeness (QED) is 0.758. The molecule has 0 aliphatic heterocycles. The number of carbonyl (C=O) groups excluding carboxylic acids is 1. The van der Waals surface area contributed by atoms with Gasteiger partial charge in [0.05, 0.1) is 11.3 Å². The number of aromatic nitrogens is 6. The lowest BCUT2D eigenvalue weighted by atomic mass is 10.2. The van der Waals surface area contributed by atoms with Crippen LogP contribution in [0.5, 0.6) is 0 Å². The van der Waals surface area contributed by atoms with Crippen molar-refractivity contribution in [2.24, 2.45) is 0 Å². The van der Waals surface area contributed by atoms with Crippen LogP contribution < -0.4 is 5.32 Å². The van der Waals surface area contributed by atoms with Crippen LogP contribution in [0.4, 0.5) is 19.1 Å². The smallest absolute Gasteiger partial charge is 0.295 e. The summed E-state index contributed by atoms with van der Waals surface area (Å²) in [5, 5.41) is 15.0. The lowest BCUT2D eigenvalue weighted by Gasteiger charge is -2.08. The summed E-state index contributed by atoms with van der Waals surface area (Å²) in [6.07, 6.45) is -2.55. The van der Waals surface area contributed by atoms with Crippen LogP contribution in [0.3, 0.4) is 0 Å². The molecule has 0 spiro atoms. The molecule has 0 atom stereocenters. The summed E-state index contributed by atoms with van der Waals surface area (Å²) in [7, 11) is 0. The molecule has 0 unspecified atom stereocenters. The second-order valence-corrected chi connectivity index (χ2v) is 4.99. The van der Waals surface area contributed by atoms with Gasteiger partial charge in [-0.3, -0.25) is 14.5 Å². The van der Waals surface area contributed by atoms with Crippen LogP contribution in [0.25, 0.3) is 5.65 Å². The Bertz CT molecular complexity index is 870. The first-order valence-electron chi connectivity index (χ1n) is 7.03. The number of aryl methyl sites for hydroxylation is 1. The average molecular weight is 339 g/mol. The van der Waals surface area contributed by atoms with Gasteiger partial charge in [0.15, 0.2) is 0 Å². The number of alkyl halides is 3. The van der Waals surface area contributed by atoms with Gasteiger partial charge >= 0.3 is 6.18 Å². The van der Waals surface area contributed by atoms with E-state index in [1.54, 1.807) is 0 Å². The maximum atomic E-state index is 12.9. The van der Waals surface area contributed by atoms with Crippen LogP contribution in [-0.4, -0.2) is 35.9 Å². The summed E-state index contributed by atoms with van der Waals surface area (Å²) in [5.74, 6) is -0.740. The molecule has 0 radical (unpaired) electrons. The van der Waals surface area contributed by atoms with Crippen LogP contribution in [0.2, 0.25) is 0 Å². The molecular weight excluding hydrogens is 327 g/mol. The van der Waals surface area contributed by atoms with E-state index in [1.165, 1.54) is 6.07 Å². The molecule has 0 aliphatic carbocycles. The molecule has 1 amide bonds. The molecule has 0 aromatic carbocycles. The second kappa shape index (κ2) is 5.91. The van der Waals surface area contributed by atoms with E-state index in [2.05, 4.69) is 30.9 Å². The number of imidazole rings is 1. The third kappa shape index (κ3) is 2.92. The Labute approximate surface area is 133 Å². The largest absolute Gasteiger partial charge is 0.417 e. The lowest BCUT2D eigenvalue weighted by molar-refractivity contribution is -0.137. The van der Waals surface area contributed by atoms with E-state index in [1.807, 2.05) is 6.92 Å². The molecule has 3 rings (SSSR count). The number of amides is 1. The van der Waals surface area contributed by atoms with Crippen molar-refractivity contribution in [2.75, 3.05) is 5.32 Å². The molecule has 24 heavy (non-hydrogen) atoms. The highest BCUT2D eigenvalue weighted by Crippen LogP contribution is 2.30. The minimum Gasteiger partial charge on any atom is -0.295 e. The molecule has 0 bridgehead atoms. The molecule has 11 heteroatoms. The Balaban J connectivity index is 2.11. The van der Waals surface area contributed by atoms with Crippen molar-refractivity contribution in [1.82, 2.24) is 30.0 Å². The predicted molar refractivity (Wildman–Crippen MR) is 76.3 cm³/mol. The first-order valence-corrected chi connectivity index (χ1v) is 7.03. The van der Waals surface area contributed by atoms with Gasteiger partial charge in [-0.2, -0.15) is 18.4 Å². The van der Waals surface area contributed by atoms with Crippen molar-refractivity contribution in [3.63, 3.8) is 0 Å². The molecule has 3 heterocycles. The van der Waals surface area contributed by atoms with Crippen molar-refractivity contribution in [3.05, 3.63) is 35.3 Å². The first-order chi connectivity index (χ1) is 11.4. The summed E-state index contributed by atoms with van der Waals surface area (Å²) < 4.78 is 40.0. The van der Waals surface area contributed by atoms with Crippen LogP contribution in [0.1, 0.15) is 35.1 Å². The van der Waals surface area contributed by atoms with Gasteiger partial charge < -0.3 is 0 Å². The van der Waals surface area contributed by atoms with E-state index < -0.39 is 17.6 Å². The molecule has 8 nitrogen and oxygen atoms in total. The van der Waals surface area contributed by atoms with Crippen molar-refractivity contribution in [2.45, 2.75) is 25.9 Å². The number of nitrogens with one attached hydrogen (secondary N) is 2. The molecule has 0 saturated carbocycles. The molecule has 0 aliphatic rings. The number of pyridine rings is 1. The minimum absolute atomic E-state index is 0.0164. The summed E-state index contributed by atoms with van der Waals surface area (Å²) in [6, 6.07) is 2.16. The highest BCUT2D eigenvalue weighted by Gasteiger charge is 2.32. The Morgan fingerprint density at radius 1 is 1.38 bits per heavy atom. The summed E-state index contributed by atoms with van der Waals surface area (Å²) in [4.78, 5) is 16.7. The van der Waals surface area contributed by atoms with E-state index in [0.29, 0.717) is 18.5 Å². The van der Waals surface area contributed by atoms with Crippen LogP contribution >= 0.6 is 0 Å². The molecule has 3 aromatic heterocycles. The maximum absolute atomic E-state index is 12.9. The van der Waals surface area contributed by atoms with Crippen molar-refractivity contribution >= 4 is 17.5 Å². The fourth-order valence-corrected chi connectivity index (χ4v) is 2.29. The number of anilines is 1. The van der Waals surface area contributed by atoms with Gasteiger partial charge in [0.25, 0.3) is 11.9 Å². The van der Waals surface area contributed by atoms with Gasteiger partial charge in [-0.25, -0.2) is 4.98 Å². The zero-order chi connectivity index (χ0) is 17.3. The number of rotatable bonds is 4. The Kier molecular flexibility index (Phi) is 3.91. The number of hydrogen-bond donors (Lipinski definition) is 2. The number of nitrogens with zero attached hydrogens (tertiary/aromatic N) is 5. The Morgan fingerprint density at radius 3 is 2.79 bits per heavy atom.